The molecule has 0 aromatic rings. The first-order valence-corrected chi connectivity index (χ1v) is 8.09. The molecule has 5 nitrogen and oxygen atoms in total. The van der Waals surface area contributed by atoms with Crippen molar-refractivity contribution in [2.75, 3.05) is 25.9 Å². The number of nitrogens with one attached hydrogen (secondary N) is 1. The number of sulfonamides is 1. The monoisotopic (exact) mass is 276 g/mol. The third-order valence-corrected chi connectivity index (χ3v) is 3.76. The Hall–Kier alpha value is -0.880. The van der Waals surface area contributed by atoms with E-state index >= 15 is 0 Å². The average Bonchev–Trinajstić information content (AvgIpc) is 2.28. The van der Waals surface area contributed by atoms with Crippen LogP contribution < -0.4 is 5.32 Å². The normalized spacial score (nSPS) is 11.5. The smallest absolute Gasteiger partial charge is 0.221 e. The lowest BCUT2D eigenvalue weighted by atomic mass is 10.2. The van der Waals surface area contributed by atoms with Crippen LogP contribution >= 0.6 is 0 Å². The van der Waals surface area contributed by atoms with Crippen molar-refractivity contribution in [3.05, 3.63) is 12.7 Å². The van der Waals surface area contributed by atoms with Gasteiger partial charge in [-0.1, -0.05) is 25.8 Å². The maximum Gasteiger partial charge on any atom is 0.221 e. The van der Waals surface area contributed by atoms with Crippen LogP contribution in [0.25, 0.3) is 0 Å². The van der Waals surface area contributed by atoms with Gasteiger partial charge in [0.05, 0.1) is 6.26 Å². The van der Waals surface area contributed by atoms with Crippen molar-refractivity contribution in [2.24, 2.45) is 0 Å². The molecule has 1 N–H and O–H groups in total. The molecule has 0 aliphatic heterocycles. The Morgan fingerprint density at radius 3 is 2.56 bits per heavy atom. The van der Waals surface area contributed by atoms with E-state index in [0.29, 0.717) is 6.54 Å². The molecule has 106 valence electrons. The molecule has 0 fully saturated rings. The highest BCUT2D eigenvalue weighted by Crippen LogP contribution is 2.00. The zero-order chi connectivity index (χ0) is 14.0. The second-order valence-corrected chi connectivity index (χ2v) is 6.20. The van der Waals surface area contributed by atoms with Crippen molar-refractivity contribution in [1.29, 1.82) is 0 Å². The lowest BCUT2D eigenvalue weighted by Crippen LogP contribution is -2.34. The number of carbonyl (C=O) groups excluding carboxylic acids is 1. The molecule has 0 saturated carbocycles. The molecule has 0 spiro atoms. The van der Waals surface area contributed by atoms with Crippen molar-refractivity contribution in [3.8, 4) is 0 Å². The second kappa shape index (κ2) is 9.10. The summed E-state index contributed by atoms with van der Waals surface area (Å²) in [4.78, 5) is 11.5. The SMILES string of the molecule is C=CCN(CCC(=O)NCCCCC)S(C)(=O)=O. The van der Waals surface area contributed by atoms with E-state index in [2.05, 4.69) is 18.8 Å². The van der Waals surface area contributed by atoms with Crippen molar-refractivity contribution >= 4 is 15.9 Å². The highest BCUT2D eigenvalue weighted by molar-refractivity contribution is 7.88. The number of nitrogens with zero attached hydrogens (tertiary/aromatic N) is 1. The van der Waals surface area contributed by atoms with E-state index in [0.717, 1.165) is 25.5 Å². The summed E-state index contributed by atoms with van der Waals surface area (Å²) in [5, 5.41) is 2.78. The Kier molecular flexibility index (Phi) is 8.66. The molecule has 0 aliphatic rings. The molecule has 0 saturated heterocycles. The van der Waals surface area contributed by atoms with E-state index < -0.39 is 10.0 Å². The first-order valence-electron chi connectivity index (χ1n) is 6.24. The van der Waals surface area contributed by atoms with Crippen LogP contribution in [0.4, 0.5) is 0 Å². The maximum absolute atomic E-state index is 11.5. The standard InChI is InChI=1S/C12H24N2O3S/c1-4-6-7-9-13-12(15)8-11-14(10-5-2)18(3,16)17/h5H,2,4,6-11H2,1,3H3,(H,13,15). The van der Waals surface area contributed by atoms with Gasteiger partial charge in [-0.2, -0.15) is 4.31 Å². The molecule has 0 heterocycles. The van der Waals surface area contributed by atoms with Crippen LogP contribution in [0.3, 0.4) is 0 Å². The number of unbranched alkanes of at least 4 members (excludes halogenated alkanes) is 2. The first kappa shape index (κ1) is 17.1. The van der Waals surface area contributed by atoms with Crippen LogP contribution in [0.5, 0.6) is 0 Å². The molecule has 0 aromatic heterocycles. The summed E-state index contributed by atoms with van der Waals surface area (Å²) in [6.45, 7) is 6.70. The number of rotatable bonds is 10. The summed E-state index contributed by atoms with van der Waals surface area (Å²) < 4.78 is 24.0. The van der Waals surface area contributed by atoms with Gasteiger partial charge < -0.3 is 5.32 Å². The number of carbonyl (C=O) groups is 1. The zero-order valence-electron chi connectivity index (χ0n) is 11.3. The molecular formula is C12H24N2O3S. The second-order valence-electron chi connectivity index (χ2n) is 4.22. The molecule has 6 heteroatoms. The summed E-state index contributed by atoms with van der Waals surface area (Å²) in [6, 6.07) is 0. The van der Waals surface area contributed by atoms with E-state index in [-0.39, 0.29) is 25.4 Å². The lowest BCUT2D eigenvalue weighted by Gasteiger charge is -2.17. The third kappa shape index (κ3) is 8.25. The molecule has 0 unspecified atom stereocenters. The summed E-state index contributed by atoms with van der Waals surface area (Å²) in [5.74, 6) is -0.108. The van der Waals surface area contributed by atoms with Crippen molar-refractivity contribution in [2.45, 2.75) is 32.6 Å². The number of hydrogen-bond donors (Lipinski definition) is 1. The van der Waals surface area contributed by atoms with E-state index in [1.54, 1.807) is 0 Å². The van der Waals surface area contributed by atoms with Gasteiger partial charge in [-0.3, -0.25) is 4.79 Å². The Morgan fingerprint density at radius 2 is 2.06 bits per heavy atom. The van der Waals surface area contributed by atoms with E-state index in [1.165, 1.54) is 10.4 Å². The Labute approximate surface area is 110 Å². The maximum atomic E-state index is 11.5. The molecule has 0 bridgehead atoms. The largest absolute Gasteiger partial charge is 0.356 e. The van der Waals surface area contributed by atoms with Crippen LogP contribution in [-0.4, -0.2) is 44.5 Å². The summed E-state index contributed by atoms with van der Waals surface area (Å²) >= 11 is 0. The highest BCUT2D eigenvalue weighted by Gasteiger charge is 2.15. The van der Waals surface area contributed by atoms with Crippen molar-refractivity contribution in [3.63, 3.8) is 0 Å². The Morgan fingerprint density at radius 1 is 1.39 bits per heavy atom. The first-order chi connectivity index (χ1) is 8.41. The average molecular weight is 276 g/mol. The van der Waals surface area contributed by atoms with Crippen molar-refractivity contribution in [1.82, 2.24) is 9.62 Å². The fraction of sp³-hybridized carbons (Fsp3) is 0.750. The zero-order valence-corrected chi connectivity index (χ0v) is 12.1. The fourth-order valence-corrected chi connectivity index (χ4v) is 2.25. The van der Waals surface area contributed by atoms with Gasteiger partial charge in [-0.15, -0.1) is 6.58 Å². The van der Waals surface area contributed by atoms with E-state index in [1.807, 2.05) is 0 Å². The van der Waals surface area contributed by atoms with Gasteiger partial charge >= 0.3 is 0 Å². The van der Waals surface area contributed by atoms with Crippen LogP contribution in [-0.2, 0) is 14.8 Å². The van der Waals surface area contributed by atoms with Gasteiger partial charge in [0.1, 0.15) is 0 Å². The van der Waals surface area contributed by atoms with Crippen LogP contribution in [0.2, 0.25) is 0 Å². The molecule has 0 radical (unpaired) electrons. The topological polar surface area (TPSA) is 66.5 Å². The van der Waals surface area contributed by atoms with E-state index in [4.69, 9.17) is 0 Å². The summed E-state index contributed by atoms with van der Waals surface area (Å²) in [5.41, 5.74) is 0. The van der Waals surface area contributed by atoms with Crippen LogP contribution in [0, 0.1) is 0 Å². The molecule has 1 amide bonds. The predicted octanol–water partition coefficient (Wildman–Crippen LogP) is 1.13. The summed E-state index contributed by atoms with van der Waals surface area (Å²) in [6.07, 6.45) is 6.00. The minimum absolute atomic E-state index is 0.108. The number of amides is 1. The Balaban J connectivity index is 3.97. The van der Waals surface area contributed by atoms with Gasteiger partial charge in [0, 0.05) is 26.1 Å². The molecule has 18 heavy (non-hydrogen) atoms. The molecule has 0 aliphatic carbocycles. The number of hydrogen-bond acceptors (Lipinski definition) is 3. The van der Waals surface area contributed by atoms with Gasteiger partial charge in [-0.05, 0) is 6.42 Å². The summed E-state index contributed by atoms with van der Waals surface area (Å²) in [7, 11) is -3.27. The van der Waals surface area contributed by atoms with Crippen LogP contribution in [0.15, 0.2) is 12.7 Å². The quantitative estimate of drug-likeness (QED) is 0.480. The van der Waals surface area contributed by atoms with Crippen LogP contribution in [0.1, 0.15) is 32.6 Å². The highest BCUT2D eigenvalue weighted by atomic mass is 32.2. The Bertz CT molecular complexity index is 352. The van der Waals surface area contributed by atoms with Gasteiger partial charge in [0.25, 0.3) is 0 Å². The predicted molar refractivity (Wildman–Crippen MR) is 73.8 cm³/mol. The third-order valence-electron chi connectivity index (χ3n) is 2.49. The molecular weight excluding hydrogens is 252 g/mol. The fourth-order valence-electron chi connectivity index (χ4n) is 1.45. The lowest BCUT2D eigenvalue weighted by molar-refractivity contribution is -0.121. The molecule has 0 aromatic carbocycles. The molecule has 0 rings (SSSR count). The van der Waals surface area contributed by atoms with Gasteiger partial charge in [-0.25, -0.2) is 8.42 Å². The minimum atomic E-state index is -3.27. The van der Waals surface area contributed by atoms with Crippen molar-refractivity contribution < 1.29 is 13.2 Å². The van der Waals surface area contributed by atoms with Gasteiger partial charge in [0.15, 0.2) is 0 Å². The van der Waals surface area contributed by atoms with E-state index in [9.17, 15) is 13.2 Å². The molecule has 0 atom stereocenters. The van der Waals surface area contributed by atoms with Gasteiger partial charge in [0.2, 0.25) is 15.9 Å². The minimum Gasteiger partial charge on any atom is -0.356 e.